The second kappa shape index (κ2) is 16.1. The minimum atomic E-state index is -1.25. The van der Waals surface area contributed by atoms with E-state index < -0.39 is 30.1 Å². The lowest BCUT2D eigenvalue weighted by atomic mass is 9.87. The number of nitrogens with one attached hydrogen (secondary N) is 1. The molecule has 0 radical (unpaired) electrons. The fraction of sp³-hybridized carbons (Fsp3) is 0.424. The topological polar surface area (TPSA) is 148 Å². The minimum absolute atomic E-state index is 0.0360. The van der Waals surface area contributed by atoms with E-state index in [4.69, 9.17) is 18.6 Å². The highest BCUT2D eigenvalue weighted by atomic mass is 127. The van der Waals surface area contributed by atoms with Crippen molar-refractivity contribution in [3.63, 3.8) is 0 Å². The van der Waals surface area contributed by atoms with E-state index in [0.717, 1.165) is 19.3 Å². The van der Waals surface area contributed by atoms with Gasteiger partial charge in [-0.15, -0.1) is 0 Å². The summed E-state index contributed by atoms with van der Waals surface area (Å²) in [5.41, 5.74) is 1.11. The van der Waals surface area contributed by atoms with Gasteiger partial charge >= 0.3 is 0 Å². The molecule has 1 aliphatic rings. The number of hydrogen-bond donors (Lipinski definition) is 3. The standard InChI is InChI=1S/C33H39IN2O9/c1-4-5-6-7-12-36(33(41)28-17-21-9-8-10-25(42-2)30(21)45-28)24-16-22(32(40)35-11-13-37)18-26(29(24)39)44-31-23(34)14-20(19-38)15-27(31)43-3/h8-10,14-15,17-19,24,26,29,37,39H,4-7,11-13,16H2,1-3H3,(H,35,40)/t24-,26+,29+/m1/s1. The van der Waals surface area contributed by atoms with Gasteiger partial charge in [-0.1, -0.05) is 38.3 Å². The van der Waals surface area contributed by atoms with Crippen LogP contribution in [0.1, 0.15) is 59.9 Å². The molecule has 1 aliphatic carbocycles. The van der Waals surface area contributed by atoms with Crippen LogP contribution in [0.5, 0.6) is 17.2 Å². The molecule has 242 valence electrons. The van der Waals surface area contributed by atoms with E-state index in [1.807, 2.05) is 28.7 Å². The van der Waals surface area contributed by atoms with Crippen LogP contribution in [0.15, 0.2) is 52.5 Å². The largest absolute Gasteiger partial charge is 0.493 e. The molecular weight excluding hydrogens is 695 g/mol. The van der Waals surface area contributed by atoms with Crippen molar-refractivity contribution >= 4 is 51.7 Å². The Morgan fingerprint density at radius 2 is 1.91 bits per heavy atom. The summed E-state index contributed by atoms with van der Waals surface area (Å²) >= 11 is 2.01. The van der Waals surface area contributed by atoms with Crippen LogP contribution >= 0.6 is 22.6 Å². The Labute approximate surface area is 275 Å². The van der Waals surface area contributed by atoms with E-state index in [1.54, 1.807) is 29.2 Å². The maximum Gasteiger partial charge on any atom is 0.289 e. The third kappa shape index (κ3) is 7.97. The molecule has 3 aromatic rings. The molecule has 0 fully saturated rings. The normalized spacial score (nSPS) is 17.8. The highest BCUT2D eigenvalue weighted by molar-refractivity contribution is 14.1. The Morgan fingerprint density at radius 3 is 2.60 bits per heavy atom. The molecule has 1 heterocycles. The zero-order valence-corrected chi connectivity index (χ0v) is 27.7. The third-order valence-corrected chi connectivity index (χ3v) is 8.51. The molecule has 0 aliphatic heterocycles. The van der Waals surface area contributed by atoms with Crippen molar-refractivity contribution in [1.82, 2.24) is 10.2 Å². The van der Waals surface area contributed by atoms with E-state index in [1.165, 1.54) is 26.4 Å². The number of aliphatic hydroxyl groups is 2. The van der Waals surface area contributed by atoms with Gasteiger partial charge in [-0.05, 0) is 59.4 Å². The molecule has 3 N–H and O–H groups in total. The number of methoxy groups -OCH3 is 2. The number of amides is 2. The molecule has 12 heteroatoms. The minimum Gasteiger partial charge on any atom is -0.493 e. The van der Waals surface area contributed by atoms with Crippen molar-refractivity contribution in [2.45, 2.75) is 57.3 Å². The first-order valence-electron chi connectivity index (χ1n) is 14.9. The number of carbonyl (C=O) groups is 3. The monoisotopic (exact) mass is 734 g/mol. The van der Waals surface area contributed by atoms with Crippen molar-refractivity contribution < 1.29 is 43.2 Å². The van der Waals surface area contributed by atoms with Crippen molar-refractivity contribution in [3.8, 4) is 17.2 Å². The first-order valence-corrected chi connectivity index (χ1v) is 16.0. The van der Waals surface area contributed by atoms with Crippen molar-refractivity contribution in [3.05, 3.63) is 62.9 Å². The fourth-order valence-corrected chi connectivity index (χ4v) is 6.16. The van der Waals surface area contributed by atoms with Crippen LogP contribution in [-0.4, -0.2) is 85.4 Å². The van der Waals surface area contributed by atoms with Crippen LogP contribution in [0.25, 0.3) is 11.0 Å². The fourth-order valence-electron chi connectivity index (χ4n) is 5.41. The summed E-state index contributed by atoms with van der Waals surface area (Å²) in [6.45, 7) is 2.19. The summed E-state index contributed by atoms with van der Waals surface area (Å²) in [5, 5.41) is 24.5. The van der Waals surface area contributed by atoms with Gasteiger partial charge in [0.05, 0.1) is 30.4 Å². The molecule has 45 heavy (non-hydrogen) atoms. The summed E-state index contributed by atoms with van der Waals surface area (Å²) in [6.07, 6.45) is 3.47. The van der Waals surface area contributed by atoms with Crippen LogP contribution in [0, 0.1) is 3.57 Å². The number of nitrogens with zero attached hydrogens (tertiary/aromatic N) is 1. The van der Waals surface area contributed by atoms with E-state index in [2.05, 4.69) is 12.2 Å². The molecule has 0 saturated heterocycles. The van der Waals surface area contributed by atoms with Crippen molar-refractivity contribution in [2.75, 3.05) is 33.9 Å². The van der Waals surface area contributed by atoms with Gasteiger partial charge in [-0.3, -0.25) is 14.4 Å². The zero-order valence-electron chi connectivity index (χ0n) is 25.6. The predicted octanol–water partition coefficient (Wildman–Crippen LogP) is 4.51. The van der Waals surface area contributed by atoms with Crippen LogP contribution in [0.4, 0.5) is 0 Å². The second-order valence-corrected chi connectivity index (χ2v) is 11.9. The Kier molecular flexibility index (Phi) is 12.3. The van der Waals surface area contributed by atoms with E-state index in [0.29, 0.717) is 50.7 Å². The number of furan rings is 1. The molecule has 1 aromatic heterocycles. The predicted molar refractivity (Wildman–Crippen MR) is 176 cm³/mol. The lowest BCUT2D eigenvalue weighted by molar-refractivity contribution is -0.118. The lowest BCUT2D eigenvalue weighted by Gasteiger charge is -2.40. The number of carbonyl (C=O) groups excluding carboxylic acids is 3. The molecule has 11 nitrogen and oxygen atoms in total. The van der Waals surface area contributed by atoms with Gasteiger partial charge in [0, 0.05) is 36.0 Å². The number of hydrogen-bond acceptors (Lipinski definition) is 9. The molecule has 0 unspecified atom stereocenters. The SMILES string of the molecule is CCCCCCN(C(=O)c1cc2cccc(OC)c2o1)[C@@H]1CC(C(=O)NCCO)=C[C@H](Oc2c(I)cc(C=O)cc2OC)[C@H]1O. The first-order chi connectivity index (χ1) is 21.8. The molecule has 0 saturated carbocycles. The maximum atomic E-state index is 14.2. The number of fused-ring (bicyclic) bond motifs is 1. The smallest absolute Gasteiger partial charge is 0.289 e. The van der Waals surface area contributed by atoms with Crippen LogP contribution in [-0.2, 0) is 4.79 Å². The number of rotatable bonds is 15. The quantitative estimate of drug-likeness (QED) is 0.117. The maximum absolute atomic E-state index is 14.2. The highest BCUT2D eigenvalue weighted by Crippen LogP contribution is 2.37. The number of halogens is 1. The van der Waals surface area contributed by atoms with Crippen LogP contribution in [0.2, 0.25) is 0 Å². The van der Waals surface area contributed by atoms with Gasteiger partial charge in [0.15, 0.2) is 28.6 Å². The average molecular weight is 735 g/mol. The summed E-state index contributed by atoms with van der Waals surface area (Å²) in [4.78, 5) is 40.4. The number of para-hydroxylation sites is 1. The second-order valence-electron chi connectivity index (χ2n) is 10.7. The Hall–Kier alpha value is -3.62. The summed E-state index contributed by atoms with van der Waals surface area (Å²) < 4.78 is 23.8. The average Bonchev–Trinajstić information content (AvgIpc) is 3.50. The summed E-state index contributed by atoms with van der Waals surface area (Å²) in [6, 6.07) is 9.30. The number of ether oxygens (including phenoxy) is 3. The first kappa shape index (κ1) is 34.3. The molecule has 2 aromatic carbocycles. The zero-order chi connectivity index (χ0) is 32.5. The Bertz CT molecular complexity index is 1540. The third-order valence-electron chi connectivity index (χ3n) is 7.71. The molecule has 2 amide bonds. The molecule has 4 rings (SSSR count). The van der Waals surface area contributed by atoms with Gasteiger partial charge in [-0.25, -0.2) is 0 Å². The number of aldehydes is 1. The summed E-state index contributed by atoms with van der Waals surface area (Å²) in [5.74, 6) is 0.247. The highest BCUT2D eigenvalue weighted by Gasteiger charge is 2.41. The van der Waals surface area contributed by atoms with Crippen LogP contribution in [0.3, 0.4) is 0 Å². The van der Waals surface area contributed by atoms with E-state index >= 15 is 0 Å². The summed E-state index contributed by atoms with van der Waals surface area (Å²) in [7, 11) is 2.96. The van der Waals surface area contributed by atoms with Crippen molar-refractivity contribution in [2.24, 2.45) is 0 Å². The number of unbranched alkanes of at least 4 members (excludes halogenated alkanes) is 3. The molecule has 0 spiro atoms. The van der Waals surface area contributed by atoms with E-state index in [9.17, 15) is 24.6 Å². The van der Waals surface area contributed by atoms with Crippen LogP contribution < -0.4 is 19.5 Å². The van der Waals surface area contributed by atoms with Gasteiger partial charge in [-0.2, -0.15) is 0 Å². The molecule has 0 bridgehead atoms. The Morgan fingerprint density at radius 1 is 1.13 bits per heavy atom. The Balaban J connectivity index is 1.75. The van der Waals surface area contributed by atoms with Gasteiger partial charge in [0.25, 0.3) is 5.91 Å². The van der Waals surface area contributed by atoms with Gasteiger partial charge in [0.2, 0.25) is 5.91 Å². The number of benzene rings is 2. The lowest BCUT2D eigenvalue weighted by Crippen LogP contribution is -2.55. The van der Waals surface area contributed by atoms with Crippen molar-refractivity contribution in [1.29, 1.82) is 0 Å². The van der Waals surface area contributed by atoms with E-state index in [-0.39, 0.29) is 36.8 Å². The van der Waals surface area contributed by atoms with Gasteiger partial charge < -0.3 is 39.1 Å². The number of aliphatic hydroxyl groups excluding tert-OH is 2. The van der Waals surface area contributed by atoms with Gasteiger partial charge in [0.1, 0.15) is 18.5 Å². The molecular formula is C33H39IN2O9. The molecule has 3 atom stereocenters.